The van der Waals surface area contributed by atoms with Crippen LogP contribution in [0, 0.1) is 17.7 Å². The highest BCUT2D eigenvalue weighted by Gasteiger charge is 2.31. The Balaban J connectivity index is 2.16. The largest absolute Gasteiger partial charge is 0.496 e. The predicted octanol–water partition coefficient (Wildman–Crippen LogP) is 4.72. The lowest BCUT2D eigenvalue weighted by Crippen LogP contribution is -2.30. The van der Waals surface area contributed by atoms with E-state index in [-0.39, 0.29) is 35.4 Å². The zero-order valence-electron chi connectivity index (χ0n) is 22.2. The van der Waals surface area contributed by atoms with Gasteiger partial charge in [-0.2, -0.15) is 0 Å². The molecule has 0 N–H and O–H groups in total. The Morgan fingerprint density at radius 3 is 2.27 bits per heavy atom. The summed E-state index contributed by atoms with van der Waals surface area (Å²) in [5.41, 5.74) is 0.661. The van der Waals surface area contributed by atoms with Crippen molar-refractivity contribution in [1.82, 2.24) is 4.98 Å². The van der Waals surface area contributed by atoms with Crippen LogP contribution in [0.2, 0.25) is 0 Å². The van der Waals surface area contributed by atoms with Crippen LogP contribution in [0.3, 0.4) is 0 Å². The molecule has 2 aromatic rings. The van der Waals surface area contributed by atoms with Gasteiger partial charge in [-0.15, -0.1) is 0 Å². The third-order valence-electron chi connectivity index (χ3n) is 5.79. The van der Waals surface area contributed by atoms with E-state index in [0.717, 1.165) is 5.56 Å². The van der Waals surface area contributed by atoms with Crippen LogP contribution >= 0.6 is 0 Å². The molecular weight excluding hydrogens is 485 g/mol. The van der Waals surface area contributed by atoms with Gasteiger partial charge in [0.25, 0.3) is 0 Å². The minimum absolute atomic E-state index is 0.00784. The number of carbonyl (C=O) groups is 3. The van der Waals surface area contributed by atoms with Gasteiger partial charge in [-0.3, -0.25) is 14.4 Å². The van der Waals surface area contributed by atoms with Crippen molar-refractivity contribution in [3.63, 3.8) is 0 Å². The van der Waals surface area contributed by atoms with Gasteiger partial charge in [0.05, 0.1) is 20.1 Å². The number of halogens is 1. The number of hydrogen-bond acceptors (Lipinski definition) is 9. The van der Waals surface area contributed by atoms with E-state index >= 15 is 0 Å². The second kappa shape index (κ2) is 13.6. The number of ketones is 1. The average Bonchev–Trinajstić information content (AvgIpc) is 2.84. The number of methoxy groups -OCH3 is 2. The van der Waals surface area contributed by atoms with Crippen molar-refractivity contribution in [3.8, 4) is 17.2 Å². The molecule has 1 aromatic carbocycles. The van der Waals surface area contributed by atoms with Gasteiger partial charge in [0.1, 0.15) is 17.7 Å². The summed E-state index contributed by atoms with van der Waals surface area (Å²) in [6.07, 6.45) is 0.586. The van der Waals surface area contributed by atoms with E-state index in [9.17, 15) is 18.8 Å². The van der Waals surface area contributed by atoms with Gasteiger partial charge in [0.15, 0.2) is 23.0 Å². The Bertz CT molecular complexity index is 1100. The van der Waals surface area contributed by atoms with Gasteiger partial charge >= 0.3 is 11.9 Å². The fourth-order valence-electron chi connectivity index (χ4n) is 4.05. The summed E-state index contributed by atoms with van der Waals surface area (Å²) < 4.78 is 40.3. The van der Waals surface area contributed by atoms with E-state index in [1.165, 1.54) is 45.5 Å². The smallest absolute Gasteiger partial charge is 0.309 e. The highest BCUT2D eigenvalue weighted by molar-refractivity contribution is 5.99. The quantitative estimate of drug-likeness (QED) is 0.211. The molecule has 2 rings (SSSR count). The van der Waals surface area contributed by atoms with Gasteiger partial charge in [0.2, 0.25) is 6.79 Å². The van der Waals surface area contributed by atoms with Crippen LogP contribution in [0.25, 0.3) is 0 Å². The summed E-state index contributed by atoms with van der Waals surface area (Å²) in [4.78, 5) is 41.1. The molecule has 0 fully saturated rings. The second-order valence-electron chi connectivity index (χ2n) is 8.92. The van der Waals surface area contributed by atoms with Crippen LogP contribution in [-0.4, -0.2) is 49.8 Å². The highest BCUT2D eigenvalue weighted by atomic mass is 19.1. The molecule has 0 unspecified atom stereocenters. The van der Waals surface area contributed by atoms with Crippen molar-refractivity contribution in [1.29, 1.82) is 0 Å². The summed E-state index contributed by atoms with van der Waals surface area (Å²) >= 11 is 0. The van der Waals surface area contributed by atoms with Crippen molar-refractivity contribution < 1.29 is 42.5 Å². The molecule has 37 heavy (non-hydrogen) atoms. The lowest BCUT2D eigenvalue weighted by Gasteiger charge is -2.29. The molecule has 9 nitrogen and oxygen atoms in total. The van der Waals surface area contributed by atoms with Crippen LogP contribution in [-0.2, 0) is 19.1 Å². The third-order valence-corrected chi connectivity index (χ3v) is 5.79. The SMILES string of the molecule is COc1cc(F)ccc1[C@H](C(C)C)[C@H](C)OC(=O)[C@H](C)CC(=O)c1nccc(OC)c1OCOC(C)=O. The van der Waals surface area contributed by atoms with Gasteiger partial charge in [-0.25, -0.2) is 9.37 Å². The highest BCUT2D eigenvalue weighted by Crippen LogP contribution is 2.37. The predicted molar refractivity (Wildman–Crippen MR) is 132 cm³/mol. The molecule has 0 aliphatic carbocycles. The molecule has 10 heteroatoms. The molecule has 1 heterocycles. The van der Waals surface area contributed by atoms with E-state index in [4.69, 9.17) is 23.7 Å². The first-order valence-corrected chi connectivity index (χ1v) is 11.9. The minimum atomic E-state index is -0.799. The molecule has 0 aliphatic rings. The third kappa shape index (κ3) is 7.90. The summed E-state index contributed by atoms with van der Waals surface area (Å²) in [6, 6.07) is 5.76. The van der Waals surface area contributed by atoms with Crippen molar-refractivity contribution in [2.75, 3.05) is 21.0 Å². The Morgan fingerprint density at radius 1 is 1.00 bits per heavy atom. The van der Waals surface area contributed by atoms with Crippen molar-refractivity contribution in [3.05, 3.63) is 47.5 Å². The summed E-state index contributed by atoms with van der Waals surface area (Å²) in [6.45, 7) is 8.06. The van der Waals surface area contributed by atoms with Crippen LogP contribution < -0.4 is 14.2 Å². The minimum Gasteiger partial charge on any atom is -0.496 e. The number of benzene rings is 1. The molecule has 0 saturated heterocycles. The van der Waals surface area contributed by atoms with E-state index in [2.05, 4.69) is 4.98 Å². The number of nitrogens with zero attached hydrogens (tertiary/aromatic N) is 1. The number of pyridine rings is 1. The van der Waals surface area contributed by atoms with Crippen molar-refractivity contribution in [2.45, 2.75) is 53.1 Å². The molecule has 0 bridgehead atoms. The average molecular weight is 520 g/mol. The topological polar surface area (TPSA) is 110 Å². The Hall–Kier alpha value is -3.69. The maximum atomic E-state index is 13.7. The molecule has 0 radical (unpaired) electrons. The number of esters is 2. The number of hydrogen-bond donors (Lipinski definition) is 0. The fourth-order valence-corrected chi connectivity index (χ4v) is 4.05. The molecule has 1 aromatic heterocycles. The van der Waals surface area contributed by atoms with Gasteiger partial charge in [-0.1, -0.05) is 26.8 Å². The van der Waals surface area contributed by atoms with Crippen LogP contribution in [0.1, 0.15) is 63.0 Å². The van der Waals surface area contributed by atoms with Crippen molar-refractivity contribution >= 4 is 17.7 Å². The number of carbonyl (C=O) groups excluding carboxylic acids is 3. The normalized spacial score (nSPS) is 13.3. The standard InChI is InChI=1S/C27H34FNO8/c1-15(2)24(20-9-8-19(28)13-23(20)34-7)17(4)37-27(32)16(3)12-21(31)25-26(36-14-35-18(5)30)22(33-6)10-11-29-25/h8-11,13,15-17,24H,12,14H2,1-7H3/t16-,17+,24-/m1/s1. The Morgan fingerprint density at radius 2 is 1.68 bits per heavy atom. The van der Waals surface area contributed by atoms with Crippen LogP contribution in [0.15, 0.2) is 30.5 Å². The summed E-state index contributed by atoms with van der Waals surface area (Å²) in [5, 5.41) is 0. The van der Waals surface area contributed by atoms with Gasteiger partial charge in [0, 0.05) is 43.2 Å². The summed E-state index contributed by atoms with van der Waals surface area (Å²) in [5.74, 6) is -2.47. The Kier molecular flexibility index (Phi) is 10.8. The number of aromatic nitrogens is 1. The Labute approximate surface area is 216 Å². The molecule has 3 atom stereocenters. The lowest BCUT2D eigenvalue weighted by molar-refractivity contribution is -0.154. The maximum absolute atomic E-state index is 13.7. The monoisotopic (exact) mass is 519 g/mol. The van der Waals surface area contributed by atoms with E-state index in [0.29, 0.717) is 5.75 Å². The molecule has 202 valence electrons. The van der Waals surface area contributed by atoms with E-state index in [1.54, 1.807) is 19.9 Å². The number of ether oxygens (including phenoxy) is 5. The van der Waals surface area contributed by atoms with Crippen molar-refractivity contribution in [2.24, 2.45) is 11.8 Å². The van der Waals surface area contributed by atoms with Gasteiger partial charge < -0.3 is 23.7 Å². The van der Waals surface area contributed by atoms with E-state index in [1.807, 2.05) is 13.8 Å². The first-order valence-electron chi connectivity index (χ1n) is 11.9. The molecule has 0 amide bonds. The fraction of sp³-hybridized carbons (Fsp3) is 0.481. The number of rotatable bonds is 13. The molecule has 0 aliphatic heterocycles. The zero-order valence-corrected chi connectivity index (χ0v) is 22.2. The van der Waals surface area contributed by atoms with E-state index < -0.39 is 42.4 Å². The maximum Gasteiger partial charge on any atom is 0.309 e. The second-order valence-corrected chi connectivity index (χ2v) is 8.92. The first kappa shape index (κ1) is 29.5. The molecule has 0 saturated carbocycles. The molecular formula is C27H34FNO8. The molecule has 0 spiro atoms. The van der Waals surface area contributed by atoms with Gasteiger partial charge in [-0.05, 0) is 18.9 Å². The lowest BCUT2D eigenvalue weighted by atomic mass is 9.83. The van der Waals surface area contributed by atoms with Crippen LogP contribution in [0.4, 0.5) is 4.39 Å². The first-order chi connectivity index (χ1) is 17.5. The summed E-state index contributed by atoms with van der Waals surface area (Å²) in [7, 11) is 2.85. The van der Waals surface area contributed by atoms with Crippen LogP contribution in [0.5, 0.6) is 17.2 Å². The number of Topliss-reactive ketones (excluding diaryl/α,β-unsaturated/α-hetero) is 1. The zero-order chi connectivity index (χ0) is 27.7.